The highest BCUT2D eigenvalue weighted by Gasteiger charge is 2.42. The quantitative estimate of drug-likeness (QED) is 0.306. The van der Waals surface area contributed by atoms with E-state index in [0.717, 1.165) is 48.4 Å². The Kier molecular flexibility index (Phi) is 7.82. The van der Waals surface area contributed by atoms with E-state index in [-0.39, 0.29) is 23.5 Å². The topological polar surface area (TPSA) is 104 Å². The standard InChI is InChI=1S/C33H35F2N7O3/c1-20-16-23(39-29-30-38-19-28(41(30)15-12-37-29)21-2-7-26(8-3-21)45-33(34)35)4-9-27(20)32(44)40-13-10-22(11-14-40)31(43)42-24-5-6-25(42)18-36-17-24/h2-4,7-9,12,15-16,19,22,24-25,33,36H,5-6,10-11,13-14,17-18H2,1H3,(H,37,39). The van der Waals surface area contributed by atoms with Crippen LogP contribution in [0.5, 0.6) is 5.75 Å². The predicted molar refractivity (Wildman–Crippen MR) is 165 cm³/mol. The first-order chi connectivity index (χ1) is 21.9. The molecule has 0 saturated carbocycles. The van der Waals surface area contributed by atoms with Crippen LogP contribution in [0.4, 0.5) is 20.3 Å². The Labute approximate surface area is 259 Å². The number of hydrogen-bond acceptors (Lipinski definition) is 7. The fraction of sp³-hybridized carbons (Fsp3) is 0.394. The second-order valence-corrected chi connectivity index (χ2v) is 12.0. The summed E-state index contributed by atoms with van der Waals surface area (Å²) in [6, 6.07) is 12.6. The number of ether oxygens (including phenoxy) is 1. The number of nitrogens with zero attached hydrogens (tertiary/aromatic N) is 5. The molecule has 3 saturated heterocycles. The molecule has 3 aliphatic heterocycles. The van der Waals surface area contributed by atoms with Crippen LogP contribution in [0.15, 0.2) is 61.1 Å². The summed E-state index contributed by atoms with van der Waals surface area (Å²) in [4.78, 5) is 39.9. The van der Waals surface area contributed by atoms with Crippen LogP contribution in [0, 0.1) is 12.8 Å². The Morgan fingerprint density at radius 3 is 2.42 bits per heavy atom. The third-order valence-electron chi connectivity index (χ3n) is 9.29. The van der Waals surface area contributed by atoms with Crippen LogP contribution in [0.3, 0.4) is 0 Å². The molecule has 3 aliphatic rings. The first-order valence-electron chi connectivity index (χ1n) is 15.4. The molecule has 2 atom stereocenters. The number of alkyl halides is 2. The molecule has 4 aromatic rings. The van der Waals surface area contributed by atoms with Gasteiger partial charge in [-0.2, -0.15) is 8.78 Å². The van der Waals surface area contributed by atoms with Crippen molar-refractivity contribution in [3.8, 4) is 17.0 Å². The molecule has 10 nitrogen and oxygen atoms in total. The SMILES string of the molecule is Cc1cc(Nc2nccn3c(-c4ccc(OC(F)F)cc4)cnc23)ccc1C(=O)N1CCC(C(=O)N2C3CCC2CNC3)CC1. The van der Waals surface area contributed by atoms with Crippen molar-refractivity contribution in [1.29, 1.82) is 0 Å². The first-order valence-corrected chi connectivity index (χ1v) is 15.4. The lowest BCUT2D eigenvalue weighted by molar-refractivity contribution is -0.140. The lowest BCUT2D eigenvalue weighted by Crippen LogP contribution is -2.56. The van der Waals surface area contributed by atoms with Gasteiger partial charge in [0.1, 0.15) is 5.75 Å². The molecule has 12 heteroatoms. The highest BCUT2D eigenvalue weighted by molar-refractivity contribution is 5.96. The van der Waals surface area contributed by atoms with Crippen LogP contribution in [0.25, 0.3) is 16.9 Å². The Morgan fingerprint density at radius 1 is 1.00 bits per heavy atom. The molecule has 0 aliphatic carbocycles. The fourth-order valence-corrected chi connectivity index (χ4v) is 7.00. The Morgan fingerprint density at radius 2 is 1.73 bits per heavy atom. The number of nitrogens with one attached hydrogen (secondary N) is 2. The molecule has 2 N–H and O–H groups in total. The molecule has 2 unspecified atom stereocenters. The van der Waals surface area contributed by atoms with Gasteiger partial charge >= 0.3 is 6.61 Å². The summed E-state index contributed by atoms with van der Waals surface area (Å²) in [5.74, 6) is 0.856. The maximum Gasteiger partial charge on any atom is 0.387 e. The van der Waals surface area contributed by atoms with Gasteiger partial charge in [0.25, 0.3) is 5.91 Å². The molecule has 2 aromatic heterocycles. The maximum atomic E-state index is 13.5. The highest BCUT2D eigenvalue weighted by atomic mass is 19.3. The van der Waals surface area contributed by atoms with Crippen molar-refractivity contribution < 1.29 is 23.1 Å². The van der Waals surface area contributed by atoms with E-state index in [4.69, 9.17) is 0 Å². The number of carbonyl (C=O) groups is 2. The minimum atomic E-state index is -2.88. The second kappa shape index (κ2) is 12.1. The summed E-state index contributed by atoms with van der Waals surface area (Å²) in [5, 5.41) is 6.76. The van der Waals surface area contributed by atoms with Crippen LogP contribution in [-0.4, -0.2) is 80.9 Å². The molecule has 0 radical (unpaired) electrons. The van der Waals surface area contributed by atoms with Gasteiger partial charge in [0, 0.05) is 73.4 Å². The molecule has 5 heterocycles. The van der Waals surface area contributed by atoms with E-state index in [2.05, 4.69) is 30.2 Å². The van der Waals surface area contributed by atoms with Crippen LogP contribution in [0.2, 0.25) is 0 Å². The molecular weight excluding hydrogens is 580 g/mol. The van der Waals surface area contributed by atoms with Crippen molar-refractivity contribution in [2.75, 3.05) is 31.5 Å². The van der Waals surface area contributed by atoms with E-state index in [1.165, 1.54) is 12.1 Å². The number of fused-ring (bicyclic) bond motifs is 3. The molecular formula is C33H35F2N7O3. The second-order valence-electron chi connectivity index (χ2n) is 12.0. The molecule has 7 rings (SSSR count). The van der Waals surface area contributed by atoms with E-state index in [0.29, 0.717) is 55.0 Å². The molecule has 234 valence electrons. The van der Waals surface area contributed by atoms with Crippen LogP contribution in [0.1, 0.15) is 41.6 Å². The number of imidazole rings is 1. The first kappa shape index (κ1) is 29.1. The van der Waals surface area contributed by atoms with Gasteiger partial charge in [0.2, 0.25) is 5.91 Å². The van der Waals surface area contributed by atoms with Crippen molar-refractivity contribution in [1.82, 2.24) is 29.5 Å². The predicted octanol–water partition coefficient (Wildman–Crippen LogP) is 4.86. The highest BCUT2D eigenvalue weighted by Crippen LogP contribution is 2.32. The lowest BCUT2D eigenvalue weighted by atomic mass is 9.93. The molecule has 2 aromatic carbocycles. The normalized spacial score (nSPS) is 20.2. The number of aromatic nitrogens is 3. The number of halogens is 2. The number of anilines is 2. The number of aryl methyl sites for hydroxylation is 1. The van der Waals surface area contributed by atoms with Crippen LogP contribution >= 0.6 is 0 Å². The van der Waals surface area contributed by atoms with E-state index >= 15 is 0 Å². The monoisotopic (exact) mass is 615 g/mol. The summed E-state index contributed by atoms with van der Waals surface area (Å²) in [6.45, 7) is 1.96. The molecule has 3 fully saturated rings. The number of piperidine rings is 1. The number of rotatable bonds is 7. The zero-order valence-electron chi connectivity index (χ0n) is 25.0. The van der Waals surface area contributed by atoms with Crippen molar-refractivity contribution >= 4 is 29.0 Å². The Bertz CT molecular complexity index is 1700. The average molecular weight is 616 g/mol. The average Bonchev–Trinajstić information content (AvgIpc) is 3.58. The number of carbonyl (C=O) groups excluding carboxylic acids is 2. The molecule has 45 heavy (non-hydrogen) atoms. The minimum Gasteiger partial charge on any atom is -0.435 e. The van der Waals surface area contributed by atoms with Crippen LogP contribution < -0.4 is 15.4 Å². The van der Waals surface area contributed by atoms with Gasteiger partial charge in [-0.15, -0.1) is 0 Å². The van der Waals surface area contributed by atoms with Crippen molar-refractivity contribution in [3.05, 3.63) is 72.2 Å². The van der Waals surface area contributed by atoms with Gasteiger partial charge in [0.05, 0.1) is 11.9 Å². The van der Waals surface area contributed by atoms with Gasteiger partial charge in [-0.25, -0.2) is 9.97 Å². The summed E-state index contributed by atoms with van der Waals surface area (Å²) in [6.07, 6.45) is 8.69. The molecule has 0 spiro atoms. The van der Waals surface area contributed by atoms with Crippen molar-refractivity contribution in [3.63, 3.8) is 0 Å². The maximum absolute atomic E-state index is 13.5. The lowest BCUT2D eigenvalue weighted by Gasteiger charge is -2.40. The summed E-state index contributed by atoms with van der Waals surface area (Å²) in [7, 11) is 0. The van der Waals surface area contributed by atoms with Crippen molar-refractivity contribution in [2.24, 2.45) is 5.92 Å². The number of amides is 2. The van der Waals surface area contributed by atoms with E-state index in [1.54, 1.807) is 30.7 Å². The van der Waals surface area contributed by atoms with E-state index in [9.17, 15) is 18.4 Å². The van der Waals surface area contributed by atoms with Gasteiger partial charge in [-0.1, -0.05) is 0 Å². The van der Waals surface area contributed by atoms with Crippen molar-refractivity contribution in [2.45, 2.75) is 51.3 Å². The number of hydrogen-bond donors (Lipinski definition) is 2. The van der Waals surface area contributed by atoms with Gasteiger partial charge in [-0.3, -0.25) is 14.0 Å². The van der Waals surface area contributed by atoms with Gasteiger partial charge in [0.15, 0.2) is 11.5 Å². The van der Waals surface area contributed by atoms with Crippen LogP contribution in [-0.2, 0) is 4.79 Å². The van der Waals surface area contributed by atoms with Gasteiger partial charge in [-0.05, 0) is 80.6 Å². The number of likely N-dealkylation sites (tertiary alicyclic amines) is 1. The molecule has 2 bridgehead atoms. The zero-order valence-corrected chi connectivity index (χ0v) is 25.0. The van der Waals surface area contributed by atoms with E-state index in [1.807, 2.05) is 34.4 Å². The number of piperazine rings is 1. The Balaban J connectivity index is 1.01. The zero-order chi connectivity index (χ0) is 31.1. The smallest absolute Gasteiger partial charge is 0.387 e. The molecule has 2 amide bonds. The van der Waals surface area contributed by atoms with E-state index < -0.39 is 6.61 Å². The largest absolute Gasteiger partial charge is 0.435 e. The summed E-state index contributed by atoms with van der Waals surface area (Å²) < 4.78 is 31.4. The van der Waals surface area contributed by atoms with Gasteiger partial charge < -0.3 is 25.2 Å². The third-order valence-corrected chi connectivity index (χ3v) is 9.29. The number of benzene rings is 2. The minimum absolute atomic E-state index is 0.0137. The fourth-order valence-electron chi connectivity index (χ4n) is 7.00. The Hall–Kier alpha value is -4.58. The third kappa shape index (κ3) is 5.70. The summed E-state index contributed by atoms with van der Waals surface area (Å²) >= 11 is 0. The summed E-state index contributed by atoms with van der Waals surface area (Å²) in [5.41, 5.74) is 4.37.